The summed E-state index contributed by atoms with van der Waals surface area (Å²) in [6.07, 6.45) is 4.59. The largest absolute Gasteiger partial charge is 0.382 e. The predicted molar refractivity (Wildman–Crippen MR) is 59.1 cm³/mol. The average Bonchev–Trinajstić information content (AvgIpc) is 2.72. The maximum Gasteiger partial charge on any atom is 0.127 e. The first-order valence-corrected chi connectivity index (χ1v) is 5.38. The van der Waals surface area contributed by atoms with Crippen molar-refractivity contribution in [2.45, 2.75) is 32.9 Å². The third-order valence-electron chi connectivity index (χ3n) is 2.36. The van der Waals surface area contributed by atoms with Gasteiger partial charge in [-0.3, -0.25) is 5.84 Å². The Bertz CT molecular complexity index is 274. The van der Waals surface area contributed by atoms with Crippen LogP contribution in [0.4, 0.5) is 0 Å². The number of hydrogen-bond acceptors (Lipinski definition) is 4. The minimum absolute atomic E-state index is 0.0616. The SMILES string of the molecule is CCOCCC(NN)c1nccn1CC. The molecular weight excluding hydrogens is 192 g/mol. The lowest BCUT2D eigenvalue weighted by Crippen LogP contribution is -2.31. The third-order valence-corrected chi connectivity index (χ3v) is 2.36. The number of hydrogen-bond donors (Lipinski definition) is 2. The Hall–Kier alpha value is -0.910. The molecule has 1 aromatic heterocycles. The molecule has 15 heavy (non-hydrogen) atoms. The van der Waals surface area contributed by atoms with Crippen LogP contribution in [-0.4, -0.2) is 22.8 Å². The summed E-state index contributed by atoms with van der Waals surface area (Å²) in [6, 6.07) is 0.0616. The van der Waals surface area contributed by atoms with Crippen molar-refractivity contribution in [2.24, 2.45) is 5.84 Å². The molecule has 0 radical (unpaired) electrons. The van der Waals surface area contributed by atoms with E-state index in [1.807, 2.05) is 13.1 Å². The second-order valence-electron chi connectivity index (χ2n) is 3.28. The van der Waals surface area contributed by atoms with Crippen LogP contribution in [0.1, 0.15) is 32.1 Å². The fourth-order valence-corrected chi connectivity index (χ4v) is 1.53. The third kappa shape index (κ3) is 3.30. The van der Waals surface area contributed by atoms with E-state index in [2.05, 4.69) is 21.9 Å². The Morgan fingerprint density at radius 1 is 1.60 bits per heavy atom. The lowest BCUT2D eigenvalue weighted by molar-refractivity contribution is 0.135. The van der Waals surface area contributed by atoms with Crippen molar-refractivity contribution in [3.05, 3.63) is 18.2 Å². The van der Waals surface area contributed by atoms with Crippen molar-refractivity contribution in [1.29, 1.82) is 0 Å². The summed E-state index contributed by atoms with van der Waals surface area (Å²) in [6.45, 7) is 6.41. The van der Waals surface area contributed by atoms with Gasteiger partial charge in [-0.25, -0.2) is 10.4 Å². The maximum atomic E-state index is 5.51. The van der Waals surface area contributed by atoms with Crippen LogP contribution in [0.5, 0.6) is 0 Å². The monoisotopic (exact) mass is 212 g/mol. The lowest BCUT2D eigenvalue weighted by atomic mass is 10.2. The van der Waals surface area contributed by atoms with Crippen LogP contribution in [0, 0.1) is 0 Å². The second kappa shape index (κ2) is 6.55. The first-order chi connectivity index (χ1) is 7.33. The van der Waals surface area contributed by atoms with Crippen molar-refractivity contribution in [3.63, 3.8) is 0 Å². The molecule has 0 saturated carbocycles. The number of rotatable bonds is 7. The predicted octanol–water partition coefficient (Wildman–Crippen LogP) is 0.834. The van der Waals surface area contributed by atoms with Crippen molar-refractivity contribution in [1.82, 2.24) is 15.0 Å². The molecule has 1 heterocycles. The van der Waals surface area contributed by atoms with Gasteiger partial charge < -0.3 is 9.30 Å². The fourth-order valence-electron chi connectivity index (χ4n) is 1.53. The smallest absolute Gasteiger partial charge is 0.127 e. The molecule has 0 saturated heterocycles. The molecule has 0 aliphatic rings. The van der Waals surface area contributed by atoms with Gasteiger partial charge in [0.1, 0.15) is 5.82 Å². The highest BCUT2D eigenvalue weighted by Crippen LogP contribution is 2.13. The van der Waals surface area contributed by atoms with E-state index in [9.17, 15) is 0 Å². The molecule has 1 unspecified atom stereocenters. The van der Waals surface area contributed by atoms with Gasteiger partial charge in [-0.1, -0.05) is 0 Å². The molecule has 5 heteroatoms. The molecule has 0 aliphatic heterocycles. The number of hydrazine groups is 1. The van der Waals surface area contributed by atoms with Crippen LogP contribution >= 0.6 is 0 Å². The number of nitrogens with one attached hydrogen (secondary N) is 1. The highest BCUT2D eigenvalue weighted by Gasteiger charge is 2.14. The molecule has 0 spiro atoms. The number of ether oxygens (including phenoxy) is 1. The van der Waals surface area contributed by atoms with Crippen LogP contribution in [0.25, 0.3) is 0 Å². The topological polar surface area (TPSA) is 65.1 Å². The van der Waals surface area contributed by atoms with Crippen molar-refractivity contribution < 1.29 is 4.74 Å². The number of aryl methyl sites for hydroxylation is 1. The van der Waals surface area contributed by atoms with E-state index in [-0.39, 0.29) is 6.04 Å². The van der Waals surface area contributed by atoms with E-state index in [4.69, 9.17) is 10.6 Å². The average molecular weight is 212 g/mol. The van der Waals surface area contributed by atoms with Gasteiger partial charge in [-0.15, -0.1) is 0 Å². The Labute approximate surface area is 90.6 Å². The normalized spacial score (nSPS) is 13.0. The van der Waals surface area contributed by atoms with Gasteiger partial charge in [0.2, 0.25) is 0 Å². The zero-order valence-corrected chi connectivity index (χ0v) is 9.44. The summed E-state index contributed by atoms with van der Waals surface area (Å²) < 4.78 is 7.38. The molecule has 0 fully saturated rings. The summed E-state index contributed by atoms with van der Waals surface area (Å²) in [4.78, 5) is 4.30. The molecule has 1 atom stereocenters. The Kier molecular flexibility index (Phi) is 5.31. The van der Waals surface area contributed by atoms with Gasteiger partial charge in [0, 0.05) is 32.2 Å². The molecule has 1 aromatic rings. The summed E-state index contributed by atoms with van der Waals surface area (Å²) in [5.74, 6) is 6.48. The molecule has 0 amide bonds. The summed E-state index contributed by atoms with van der Waals surface area (Å²) in [5, 5.41) is 0. The van der Waals surface area contributed by atoms with Gasteiger partial charge in [0.25, 0.3) is 0 Å². The van der Waals surface area contributed by atoms with Crippen LogP contribution in [-0.2, 0) is 11.3 Å². The molecule has 86 valence electrons. The second-order valence-corrected chi connectivity index (χ2v) is 3.28. The van der Waals surface area contributed by atoms with E-state index in [1.165, 1.54) is 0 Å². The van der Waals surface area contributed by atoms with E-state index < -0.39 is 0 Å². The van der Waals surface area contributed by atoms with Gasteiger partial charge in [0.15, 0.2) is 0 Å². The van der Waals surface area contributed by atoms with Gasteiger partial charge in [0.05, 0.1) is 6.04 Å². The summed E-state index contributed by atoms with van der Waals surface area (Å²) in [5.41, 5.74) is 2.77. The Morgan fingerprint density at radius 3 is 3.00 bits per heavy atom. The van der Waals surface area contributed by atoms with Crippen molar-refractivity contribution in [2.75, 3.05) is 13.2 Å². The molecule has 5 nitrogen and oxygen atoms in total. The van der Waals surface area contributed by atoms with E-state index in [1.54, 1.807) is 6.20 Å². The first-order valence-electron chi connectivity index (χ1n) is 5.38. The molecule has 0 aromatic carbocycles. The van der Waals surface area contributed by atoms with E-state index >= 15 is 0 Å². The van der Waals surface area contributed by atoms with Crippen LogP contribution < -0.4 is 11.3 Å². The van der Waals surface area contributed by atoms with Crippen LogP contribution in [0.3, 0.4) is 0 Å². The first kappa shape index (κ1) is 12.2. The summed E-state index contributed by atoms with van der Waals surface area (Å²) >= 11 is 0. The van der Waals surface area contributed by atoms with E-state index in [0.29, 0.717) is 6.61 Å². The molecule has 0 bridgehead atoms. The summed E-state index contributed by atoms with van der Waals surface area (Å²) in [7, 11) is 0. The minimum Gasteiger partial charge on any atom is -0.382 e. The highest BCUT2D eigenvalue weighted by atomic mass is 16.5. The molecule has 3 N–H and O–H groups in total. The number of nitrogens with two attached hydrogens (primary N) is 1. The lowest BCUT2D eigenvalue weighted by Gasteiger charge is -2.16. The highest BCUT2D eigenvalue weighted by molar-refractivity contribution is 4.98. The minimum atomic E-state index is 0.0616. The van der Waals surface area contributed by atoms with Gasteiger partial charge >= 0.3 is 0 Å². The van der Waals surface area contributed by atoms with Gasteiger partial charge in [-0.2, -0.15) is 0 Å². The number of imidazole rings is 1. The van der Waals surface area contributed by atoms with Crippen LogP contribution in [0.2, 0.25) is 0 Å². The van der Waals surface area contributed by atoms with Gasteiger partial charge in [-0.05, 0) is 20.3 Å². The quantitative estimate of drug-likeness (QED) is 0.399. The van der Waals surface area contributed by atoms with Crippen LogP contribution in [0.15, 0.2) is 12.4 Å². The standard InChI is InChI=1S/C10H20N4O/c1-3-14-7-6-12-10(14)9(13-11)5-8-15-4-2/h6-7,9,13H,3-5,8,11H2,1-2H3. The maximum absolute atomic E-state index is 5.51. The Balaban J connectivity index is 2.57. The van der Waals surface area contributed by atoms with E-state index in [0.717, 1.165) is 25.4 Å². The number of aromatic nitrogens is 2. The Morgan fingerprint density at radius 2 is 2.40 bits per heavy atom. The molecule has 1 rings (SSSR count). The van der Waals surface area contributed by atoms with Crippen molar-refractivity contribution >= 4 is 0 Å². The zero-order valence-electron chi connectivity index (χ0n) is 9.44. The number of nitrogens with zero attached hydrogens (tertiary/aromatic N) is 2. The van der Waals surface area contributed by atoms with Crippen molar-refractivity contribution in [3.8, 4) is 0 Å². The molecule has 0 aliphatic carbocycles. The fraction of sp³-hybridized carbons (Fsp3) is 0.700. The molecular formula is C10H20N4O. The zero-order chi connectivity index (χ0) is 11.1.